The first-order valence-corrected chi connectivity index (χ1v) is 9.08. The Morgan fingerprint density at radius 2 is 1.96 bits per heavy atom. The van der Waals surface area contributed by atoms with Gasteiger partial charge in [-0.3, -0.25) is 4.79 Å². The Kier molecular flexibility index (Phi) is 5.63. The van der Waals surface area contributed by atoms with Crippen LogP contribution in [-0.4, -0.2) is 24.8 Å². The third-order valence-electron chi connectivity index (χ3n) is 3.72. The molecular weight excluding hydrogens is 348 g/mol. The number of carbonyl (C=O) groups excluding carboxylic acids is 1. The predicted octanol–water partition coefficient (Wildman–Crippen LogP) is 4.29. The second-order valence-electron chi connectivity index (χ2n) is 5.63. The van der Waals surface area contributed by atoms with Gasteiger partial charge >= 0.3 is 0 Å². The molecule has 1 N–H and O–H groups in total. The molecule has 0 unspecified atom stereocenters. The van der Waals surface area contributed by atoms with Crippen LogP contribution < -0.4 is 14.8 Å². The Labute approximate surface area is 157 Å². The van der Waals surface area contributed by atoms with Crippen molar-refractivity contribution in [2.24, 2.45) is 4.99 Å². The monoisotopic (exact) mass is 368 g/mol. The Morgan fingerprint density at radius 1 is 1.19 bits per heavy atom. The summed E-state index contributed by atoms with van der Waals surface area (Å²) in [6.45, 7) is 4.48. The summed E-state index contributed by atoms with van der Waals surface area (Å²) < 4.78 is 11.1. The first kappa shape index (κ1) is 18.1. The summed E-state index contributed by atoms with van der Waals surface area (Å²) in [7, 11) is 1.59. The van der Waals surface area contributed by atoms with Gasteiger partial charge in [0.05, 0.1) is 24.3 Å². The van der Waals surface area contributed by atoms with Crippen LogP contribution in [0.25, 0.3) is 6.08 Å². The lowest BCUT2D eigenvalue weighted by Crippen LogP contribution is -2.19. The SMILES string of the molecule is CCOc1cccc(/C=C2/SC(=Nc3ccc(C)cc3)NC2=O)c1OC. The van der Waals surface area contributed by atoms with E-state index in [9.17, 15) is 4.79 Å². The standard InChI is InChI=1S/C20H20N2O3S/c1-4-25-16-7-5-6-14(18(16)24-3)12-17-19(23)22-20(26-17)21-15-10-8-13(2)9-11-15/h5-12H,4H2,1-3H3,(H,21,22,23)/b17-12+. The lowest BCUT2D eigenvalue weighted by atomic mass is 10.1. The molecule has 1 amide bonds. The van der Waals surface area contributed by atoms with E-state index >= 15 is 0 Å². The molecule has 26 heavy (non-hydrogen) atoms. The second kappa shape index (κ2) is 8.10. The number of hydrogen-bond donors (Lipinski definition) is 1. The molecule has 3 rings (SSSR count). The highest BCUT2D eigenvalue weighted by molar-refractivity contribution is 8.18. The average Bonchev–Trinajstić information content (AvgIpc) is 2.97. The van der Waals surface area contributed by atoms with E-state index in [4.69, 9.17) is 9.47 Å². The quantitative estimate of drug-likeness (QED) is 0.800. The largest absolute Gasteiger partial charge is 0.492 e. The van der Waals surface area contributed by atoms with E-state index in [2.05, 4.69) is 10.3 Å². The van der Waals surface area contributed by atoms with E-state index in [0.29, 0.717) is 28.2 Å². The first-order valence-electron chi connectivity index (χ1n) is 8.26. The molecule has 1 fully saturated rings. The zero-order chi connectivity index (χ0) is 18.5. The normalized spacial score (nSPS) is 16.8. The van der Waals surface area contributed by atoms with Gasteiger partial charge in [0.2, 0.25) is 0 Å². The lowest BCUT2D eigenvalue weighted by Gasteiger charge is -2.11. The maximum Gasteiger partial charge on any atom is 0.264 e. The number of methoxy groups -OCH3 is 1. The highest BCUT2D eigenvalue weighted by Crippen LogP contribution is 2.35. The van der Waals surface area contributed by atoms with E-state index < -0.39 is 0 Å². The smallest absolute Gasteiger partial charge is 0.264 e. The van der Waals surface area contributed by atoms with Gasteiger partial charge < -0.3 is 14.8 Å². The van der Waals surface area contributed by atoms with Crippen molar-refractivity contribution in [3.05, 3.63) is 58.5 Å². The minimum Gasteiger partial charge on any atom is -0.492 e. The van der Waals surface area contributed by atoms with E-state index in [1.807, 2.05) is 56.3 Å². The Balaban J connectivity index is 1.87. The molecule has 1 aliphatic heterocycles. The van der Waals surface area contributed by atoms with Crippen molar-refractivity contribution in [1.29, 1.82) is 0 Å². The van der Waals surface area contributed by atoms with Gasteiger partial charge in [0.25, 0.3) is 5.91 Å². The molecule has 0 aliphatic carbocycles. The van der Waals surface area contributed by atoms with E-state index in [1.54, 1.807) is 13.2 Å². The molecule has 1 aliphatic rings. The van der Waals surface area contributed by atoms with E-state index in [1.165, 1.54) is 17.3 Å². The van der Waals surface area contributed by atoms with Crippen LogP contribution in [0.2, 0.25) is 0 Å². The Morgan fingerprint density at radius 3 is 2.65 bits per heavy atom. The number of benzene rings is 2. The van der Waals surface area contributed by atoms with Gasteiger partial charge in [0.1, 0.15) is 0 Å². The molecule has 1 heterocycles. The molecule has 0 saturated carbocycles. The van der Waals surface area contributed by atoms with Crippen LogP contribution >= 0.6 is 11.8 Å². The van der Waals surface area contributed by atoms with Crippen molar-refractivity contribution in [3.63, 3.8) is 0 Å². The maximum absolute atomic E-state index is 12.3. The van der Waals surface area contributed by atoms with E-state index in [-0.39, 0.29) is 5.91 Å². The van der Waals surface area contributed by atoms with Crippen LogP contribution in [-0.2, 0) is 4.79 Å². The number of amides is 1. The Bertz CT molecular complexity index is 873. The van der Waals surface area contributed by atoms with Crippen molar-refractivity contribution in [1.82, 2.24) is 5.32 Å². The van der Waals surface area contributed by atoms with Gasteiger partial charge in [-0.05, 0) is 49.9 Å². The van der Waals surface area contributed by atoms with Crippen LogP contribution in [0.15, 0.2) is 52.4 Å². The fourth-order valence-electron chi connectivity index (χ4n) is 2.49. The summed E-state index contributed by atoms with van der Waals surface area (Å²) in [5.41, 5.74) is 2.75. The molecule has 0 spiro atoms. The van der Waals surface area contributed by atoms with Gasteiger partial charge in [-0.2, -0.15) is 0 Å². The van der Waals surface area contributed by atoms with Crippen LogP contribution in [0.5, 0.6) is 11.5 Å². The van der Waals surface area contributed by atoms with Crippen molar-refractivity contribution in [3.8, 4) is 11.5 Å². The fraction of sp³-hybridized carbons (Fsp3) is 0.200. The summed E-state index contributed by atoms with van der Waals surface area (Å²) in [5, 5.41) is 3.36. The summed E-state index contributed by atoms with van der Waals surface area (Å²) >= 11 is 1.31. The molecule has 5 nitrogen and oxygen atoms in total. The molecule has 0 radical (unpaired) electrons. The number of para-hydroxylation sites is 1. The van der Waals surface area contributed by atoms with Crippen molar-refractivity contribution >= 4 is 34.6 Å². The van der Waals surface area contributed by atoms with Crippen LogP contribution in [0, 0.1) is 6.92 Å². The van der Waals surface area contributed by atoms with Gasteiger partial charge in [-0.25, -0.2) is 4.99 Å². The highest BCUT2D eigenvalue weighted by Gasteiger charge is 2.24. The number of rotatable bonds is 5. The zero-order valence-corrected chi connectivity index (χ0v) is 15.7. The van der Waals surface area contributed by atoms with Gasteiger partial charge in [-0.15, -0.1) is 0 Å². The van der Waals surface area contributed by atoms with Gasteiger partial charge in [0, 0.05) is 5.56 Å². The summed E-state index contributed by atoms with van der Waals surface area (Å²) in [6, 6.07) is 13.4. The number of carbonyl (C=O) groups is 1. The summed E-state index contributed by atoms with van der Waals surface area (Å²) in [5.74, 6) is 1.09. The summed E-state index contributed by atoms with van der Waals surface area (Å²) in [4.78, 5) is 17.3. The number of aliphatic imine (C=N–C) groups is 1. The molecule has 0 bridgehead atoms. The maximum atomic E-state index is 12.3. The summed E-state index contributed by atoms with van der Waals surface area (Å²) in [6.07, 6.45) is 1.79. The molecule has 2 aromatic rings. The molecule has 2 aromatic carbocycles. The minimum absolute atomic E-state index is 0.176. The average molecular weight is 368 g/mol. The molecule has 6 heteroatoms. The molecule has 1 saturated heterocycles. The third kappa shape index (κ3) is 4.08. The number of hydrogen-bond acceptors (Lipinski definition) is 5. The topological polar surface area (TPSA) is 59.9 Å². The number of nitrogens with one attached hydrogen (secondary N) is 1. The second-order valence-corrected chi connectivity index (χ2v) is 6.66. The minimum atomic E-state index is -0.176. The third-order valence-corrected chi connectivity index (χ3v) is 4.63. The molecule has 0 aromatic heterocycles. The van der Waals surface area contributed by atoms with E-state index in [0.717, 1.165) is 11.3 Å². The molecular formula is C20H20N2O3S. The number of amidine groups is 1. The van der Waals surface area contributed by atoms with Gasteiger partial charge in [0.15, 0.2) is 16.7 Å². The fourth-order valence-corrected chi connectivity index (χ4v) is 3.33. The Hall–Kier alpha value is -2.73. The first-order chi connectivity index (χ1) is 12.6. The lowest BCUT2D eigenvalue weighted by molar-refractivity contribution is -0.115. The molecule has 134 valence electrons. The van der Waals surface area contributed by atoms with Crippen molar-refractivity contribution in [2.45, 2.75) is 13.8 Å². The van der Waals surface area contributed by atoms with Crippen LogP contribution in [0.4, 0.5) is 5.69 Å². The van der Waals surface area contributed by atoms with Crippen LogP contribution in [0.3, 0.4) is 0 Å². The van der Waals surface area contributed by atoms with Crippen molar-refractivity contribution < 1.29 is 14.3 Å². The zero-order valence-electron chi connectivity index (χ0n) is 14.9. The number of thioether (sulfide) groups is 1. The number of ether oxygens (including phenoxy) is 2. The van der Waals surface area contributed by atoms with Crippen molar-refractivity contribution in [2.75, 3.05) is 13.7 Å². The number of aryl methyl sites for hydroxylation is 1. The van der Waals surface area contributed by atoms with Crippen LogP contribution in [0.1, 0.15) is 18.1 Å². The molecule has 0 atom stereocenters. The number of nitrogens with zero attached hydrogens (tertiary/aromatic N) is 1. The predicted molar refractivity (Wildman–Crippen MR) is 106 cm³/mol. The highest BCUT2D eigenvalue weighted by atomic mass is 32.2. The van der Waals surface area contributed by atoms with Gasteiger partial charge in [-0.1, -0.05) is 29.8 Å².